The summed E-state index contributed by atoms with van der Waals surface area (Å²) in [5.74, 6) is -1.62. The summed E-state index contributed by atoms with van der Waals surface area (Å²) in [4.78, 5) is 33.3. The zero-order valence-electron chi connectivity index (χ0n) is 12.5. The Balaban J connectivity index is 3.27. The third-order valence-corrected chi connectivity index (χ3v) is 2.66. The van der Waals surface area contributed by atoms with Gasteiger partial charge in [-0.05, 0) is 6.07 Å². The van der Waals surface area contributed by atoms with Crippen molar-refractivity contribution in [3.05, 3.63) is 22.7 Å². The van der Waals surface area contributed by atoms with Crippen LogP contribution in [-0.4, -0.2) is 25.0 Å². The van der Waals surface area contributed by atoms with Gasteiger partial charge in [0.25, 0.3) is 6.29 Å². The molecule has 0 amide bonds. The molecular formula is C14H15ClO7. The molecule has 22 heavy (non-hydrogen) atoms. The minimum atomic E-state index is -1.33. The fraction of sp³-hybridized carbons (Fsp3) is 0.357. The van der Waals surface area contributed by atoms with Crippen LogP contribution >= 0.6 is 11.6 Å². The molecule has 7 nitrogen and oxygen atoms in total. The highest BCUT2D eigenvalue weighted by Crippen LogP contribution is 2.37. The first-order chi connectivity index (χ1) is 10.2. The first kappa shape index (κ1) is 17.8. The van der Waals surface area contributed by atoms with Crippen LogP contribution in [0.25, 0.3) is 0 Å². The van der Waals surface area contributed by atoms with Crippen LogP contribution < -0.4 is 9.47 Å². The Hall–Kier alpha value is -2.28. The third kappa shape index (κ3) is 4.92. The average molecular weight is 331 g/mol. The van der Waals surface area contributed by atoms with Crippen LogP contribution in [0.4, 0.5) is 0 Å². The standard InChI is InChI=1S/C14H15ClO7/c1-7(16)20-13-6-11(15)10(5-12(13)19-4)14(21-8(2)17)22-9(3)18/h5-6,14H,1-4H3. The van der Waals surface area contributed by atoms with Crippen molar-refractivity contribution in [2.24, 2.45) is 0 Å². The molecule has 0 aliphatic rings. The molecule has 0 spiro atoms. The Labute approximate surface area is 132 Å². The van der Waals surface area contributed by atoms with Gasteiger partial charge in [-0.15, -0.1) is 0 Å². The Kier molecular flexibility index (Phi) is 6.18. The molecular weight excluding hydrogens is 316 g/mol. The second-order valence-corrected chi connectivity index (χ2v) is 4.58. The van der Waals surface area contributed by atoms with Gasteiger partial charge in [0.1, 0.15) is 0 Å². The SMILES string of the molecule is COc1cc(C(OC(C)=O)OC(C)=O)c(Cl)cc1OC(C)=O. The van der Waals surface area contributed by atoms with Crippen LogP contribution in [0.3, 0.4) is 0 Å². The predicted octanol–water partition coefficient (Wildman–Crippen LogP) is 2.40. The quantitative estimate of drug-likeness (QED) is 0.465. The fourth-order valence-corrected chi connectivity index (χ4v) is 1.82. The molecule has 0 saturated carbocycles. The smallest absolute Gasteiger partial charge is 0.308 e. The van der Waals surface area contributed by atoms with E-state index in [0.29, 0.717) is 0 Å². The van der Waals surface area contributed by atoms with Crippen molar-refractivity contribution in [1.29, 1.82) is 0 Å². The summed E-state index contributed by atoms with van der Waals surface area (Å²) < 4.78 is 19.9. The van der Waals surface area contributed by atoms with Gasteiger partial charge in [0, 0.05) is 26.8 Å². The first-order valence-electron chi connectivity index (χ1n) is 6.15. The number of benzene rings is 1. The maximum atomic E-state index is 11.1. The second-order valence-electron chi connectivity index (χ2n) is 4.17. The molecule has 0 atom stereocenters. The number of carbonyl (C=O) groups is 3. The molecule has 0 heterocycles. The first-order valence-corrected chi connectivity index (χ1v) is 6.52. The van der Waals surface area contributed by atoms with E-state index in [9.17, 15) is 14.4 Å². The maximum absolute atomic E-state index is 11.1. The highest BCUT2D eigenvalue weighted by molar-refractivity contribution is 6.31. The van der Waals surface area contributed by atoms with E-state index in [0.717, 1.165) is 13.8 Å². The molecule has 0 aliphatic carbocycles. The van der Waals surface area contributed by atoms with Crippen LogP contribution in [0.5, 0.6) is 11.5 Å². The number of halogens is 1. The second kappa shape index (κ2) is 7.65. The molecule has 0 aliphatic heterocycles. The van der Waals surface area contributed by atoms with E-state index in [2.05, 4.69) is 0 Å². The zero-order chi connectivity index (χ0) is 16.9. The summed E-state index contributed by atoms with van der Waals surface area (Å²) in [6.07, 6.45) is -1.33. The van der Waals surface area contributed by atoms with E-state index >= 15 is 0 Å². The van der Waals surface area contributed by atoms with Crippen LogP contribution in [0.15, 0.2) is 12.1 Å². The summed E-state index contributed by atoms with van der Waals surface area (Å²) in [5.41, 5.74) is 0.180. The lowest BCUT2D eigenvalue weighted by Crippen LogP contribution is -2.15. The van der Waals surface area contributed by atoms with Gasteiger partial charge in [-0.25, -0.2) is 0 Å². The zero-order valence-corrected chi connectivity index (χ0v) is 13.2. The van der Waals surface area contributed by atoms with Gasteiger partial charge in [0.15, 0.2) is 11.5 Å². The van der Waals surface area contributed by atoms with Crippen LogP contribution in [0, 0.1) is 0 Å². The number of hydrogen-bond acceptors (Lipinski definition) is 7. The fourth-order valence-electron chi connectivity index (χ4n) is 1.58. The van der Waals surface area contributed by atoms with Crippen molar-refractivity contribution in [2.75, 3.05) is 7.11 Å². The van der Waals surface area contributed by atoms with E-state index < -0.39 is 24.2 Å². The Morgan fingerprint density at radius 1 is 0.955 bits per heavy atom. The third-order valence-electron chi connectivity index (χ3n) is 2.34. The molecule has 0 radical (unpaired) electrons. The number of esters is 3. The lowest BCUT2D eigenvalue weighted by Gasteiger charge is -2.19. The largest absolute Gasteiger partial charge is 0.493 e. The minimum absolute atomic E-state index is 0.0737. The van der Waals surface area contributed by atoms with Gasteiger partial charge in [0.2, 0.25) is 0 Å². The molecule has 1 aromatic rings. The predicted molar refractivity (Wildman–Crippen MR) is 75.6 cm³/mol. The molecule has 0 saturated heterocycles. The molecule has 1 aromatic carbocycles. The average Bonchev–Trinajstić information content (AvgIpc) is 2.36. The minimum Gasteiger partial charge on any atom is -0.493 e. The lowest BCUT2D eigenvalue weighted by molar-refractivity contribution is -0.186. The van der Waals surface area contributed by atoms with E-state index in [1.165, 1.54) is 26.2 Å². The maximum Gasteiger partial charge on any atom is 0.308 e. The molecule has 1 rings (SSSR count). The highest BCUT2D eigenvalue weighted by Gasteiger charge is 2.24. The highest BCUT2D eigenvalue weighted by atomic mass is 35.5. The molecule has 0 fully saturated rings. The molecule has 120 valence electrons. The van der Waals surface area contributed by atoms with Gasteiger partial charge in [-0.1, -0.05) is 11.6 Å². The lowest BCUT2D eigenvalue weighted by atomic mass is 10.2. The van der Waals surface area contributed by atoms with Gasteiger partial charge < -0.3 is 18.9 Å². The van der Waals surface area contributed by atoms with Gasteiger partial charge in [-0.3, -0.25) is 14.4 Å². The van der Waals surface area contributed by atoms with Crippen LogP contribution in [0.2, 0.25) is 5.02 Å². The molecule has 0 aromatic heterocycles. The normalized spacial score (nSPS) is 10.1. The molecule has 8 heteroatoms. The van der Waals surface area contributed by atoms with E-state index in [1.54, 1.807) is 0 Å². The Bertz CT molecular complexity index is 581. The number of ether oxygens (including phenoxy) is 4. The van der Waals surface area contributed by atoms with E-state index in [1.807, 2.05) is 0 Å². The van der Waals surface area contributed by atoms with Crippen molar-refractivity contribution in [3.8, 4) is 11.5 Å². The number of carbonyl (C=O) groups excluding carboxylic acids is 3. The van der Waals surface area contributed by atoms with Crippen molar-refractivity contribution in [2.45, 2.75) is 27.1 Å². The Morgan fingerprint density at radius 3 is 1.91 bits per heavy atom. The Morgan fingerprint density at radius 2 is 1.50 bits per heavy atom. The van der Waals surface area contributed by atoms with Gasteiger partial charge in [-0.2, -0.15) is 0 Å². The summed E-state index contributed by atoms with van der Waals surface area (Å²) in [6.45, 7) is 3.55. The molecule has 0 N–H and O–H groups in total. The summed E-state index contributed by atoms with van der Waals surface area (Å²) in [7, 11) is 1.35. The van der Waals surface area contributed by atoms with Crippen LogP contribution in [-0.2, 0) is 23.9 Å². The monoisotopic (exact) mass is 330 g/mol. The topological polar surface area (TPSA) is 88.1 Å². The summed E-state index contributed by atoms with van der Waals surface area (Å²) >= 11 is 6.07. The van der Waals surface area contributed by atoms with Gasteiger partial charge >= 0.3 is 17.9 Å². The molecule has 0 unspecified atom stereocenters. The van der Waals surface area contributed by atoms with E-state index in [4.69, 9.17) is 30.5 Å². The van der Waals surface area contributed by atoms with Crippen molar-refractivity contribution < 1.29 is 33.3 Å². The van der Waals surface area contributed by atoms with Crippen molar-refractivity contribution in [1.82, 2.24) is 0 Å². The molecule has 0 bridgehead atoms. The van der Waals surface area contributed by atoms with Crippen LogP contribution in [0.1, 0.15) is 32.6 Å². The number of methoxy groups -OCH3 is 1. The summed E-state index contributed by atoms with van der Waals surface area (Å²) in [6, 6.07) is 2.66. The number of hydrogen-bond donors (Lipinski definition) is 0. The van der Waals surface area contributed by atoms with Crippen molar-refractivity contribution in [3.63, 3.8) is 0 Å². The number of rotatable bonds is 5. The van der Waals surface area contributed by atoms with Crippen molar-refractivity contribution >= 4 is 29.5 Å². The van der Waals surface area contributed by atoms with E-state index in [-0.39, 0.29) is 22.1 Å². The van der Waals surface area contributed by atoms with Gasteiger partial charge in [0.05, 0.1) is 17.7 Å². The summed E-state index contributed by atoms with van der Waals surface area (Å²) in [5, 5.41) is 0.0737.